The minimum atomic E-state index is -0.293. The van der Waals surface area contributed by atoms with Gasteiger partial charge in [-0.3, -0.25) is 15.0 Å². The Balaban J connectivity index is 2.18. The number of likely N-dealkylation sites (tertiary alicyclic amines) is 1. The first kappa shape index (κ1) is 14.9. The number of piperidine rings is 1. The van der Waals surface area contributed by atoms with Gasteiger partial charge >= 0.3 is 0 Å². The normalized spacial score (nSPS) is 21.6. The van der Waals surface area contributed by atoms with Crippen molar-refractivity contribution in [3.63, 3.8) is 0 Å². The predicted molar refractivity (Wildman–Crippen MR) is 79.9 cm³/mol. The highest BCUT2D eigenvalue weighted by Crippen LogP contribution is 2.28. The lowest BCUT2D eigenvalue weighted by Crippen LogP contribution is -2.45. The van der Waals surface area contributed by atoms with E-state index in [1.54, 1.807) is 13.0 Å². The largest absolute Gasteiger partial charge is 0.316 e. The summed E-state index contributed by atoms with van der Waals surface area (Å²) < 4.78 is 0. The molecule has 5 heteroatoms. The van der Waals surface area contributed by atoms with Crippen LogP contribution in [-0.2, 0) is 0 Å². The molecule has 0 spiro atoms. The molecule has 5 nitrogen and oxygen atoms in total. The zero-order valence-corrected chi connectivity index (χ0v) is 12.4. The van der Waals surface area contributed by atoms with Crippen molar-refractivity contribution in [3.8, 4) is 0 Å². The fourth-order valence-corrected chi connectivity index (χ4v) is 2.89. The summed E-state index contributed by atoms with van der Waals surface area (Å²) in [5, 5.41) is 14.4. The second-order valence-electron chi connectivity index (χ2n) is 5.60. The summed E-state index contributed by atoms with van der Waals surface area (Å²) in [6.07, 6.45) is 2.37. The molecule has 0 aliphatic carbocycles. The lowest BCUT2D eigenvalue weighted by molar-refractivity contribution is -0.385. The molecule has 0 amide bonds. The van der Waals surface area contributed by atoms with Gasteiger partial charge in [0.2, 0.25) is 0 Å². The maximum atomic E-state index is 11.1. The molecule has 1 aromatic rings. The van der Waals surface area contributed by atoms with Crippen LogP contribution in [-0.4, -0.2) is 36.0 Å². The maximum absolute atomic E-state index is 11.1. The molecule has 0 saturated carbocycles. The second-order valence-corrected chi connectivity index (χ2v) is 5.60. The van der Waals surface area contributed by atoms with Crippen molar-refractivity contribution in [1.29, 1.82) is 0 Å². The SMILES string of the molecule is CNC1CCCN(C(C)c2ccc(C)c([N+](=O)[O-])c2)C1. The maximum Gasteiger partial charge on any atom is 0.272 e. The van der Waals surface area contributed by atoms with Crippen molar-refractivity contribution in [2.45, 2.75) is 38.8 Å². The number of aryl methyl sites for hydroxylation is 1. The molecule has 1 N–H and O–H groups in total. The van der Waals surface area contributed by atoms with E-state index in [2.05, 4.69) is 17.1 Å². The van der Waals surface area contributed by atoms with Gasteiger partial charge < -0.3 is 5.32 Å². The number of hydrogen-bond donors (Lipinski definition) is 1. The van der Waals surface area contributed by atoms with E-state index >= 15 is 0 Å². The van der Waals surface area contributed by atoms with Gasteiger partial charge in [0.05, 0.1) is 4.92 Å². The number of likely N-dealkylation sites (N-methyl/N-ethyl adjacent to an activating group) is 1. The third-order valence-corrected chi connectivity index (χ3v) is 4.32. The number of rotatable bonds is 4. The molecular weight excluding hydrogens is 254 g/mol. The number of hydrogen-bond acceptors (Lipinski definition) is 4. The van der Waals surface area contributed by atoms with Crippen LogP contribution in [0.2, 0.25) is 0 Å². The van der Waals surface area contributed by atoms with Gasteiger partial charge in [-0.05, 0) is 45.8 Å². The summed E-state index contributed by atoms with van der Waals surface area (Å²) in [6.45, 7) is 5.97. The number of benzene rings is 1. The van der Waals surface area contributed by atoms with Crippen LogP contribution in [0, 0.1) is 17.0 Å². The van der Waals surface area contributed by atoms with Crippen molar-refractivity contribution in [2.24, 2.45) is 0 Å². The minimum Gasteiger partial charge on any atom is -0.316 e. The van der Waals surface area contributed by atoms with Crippen molar-refractivity contribution in [3.05, 3.63) is 39.4 Å². The summed E-state index contributed by atoms with van der Waals surface area (Å²) in [4.78, 5) is 13.2. The minimum absolute atomic E-state index is 0.213. The molecule has 2 atom stereocenters. The third kappa shape index (κ3) is 3.16. The van der Waals surface area contributed by atoms with Crippen molar-refractivity contribution in [1.82, 2.24) is 10.2 Å². The van der Waals surface area contributed by atoms with Crippen LogP contribution in [0.5, 0.6) is 0 Å². The second kappa shape index (κ2) is 6.33. The summed E-state index contributed by atoms with van der Waals surface area (Å²) in [5.41, 5.74) is 1.97. The molecule has 0 bridgehead atoms. The third-order valence-electron chi connectivity index (χ3n) is 4.32. The fraction of sp³-hybridized carbons (Fsp3) is 0.600. The molecule has 1 fully saturated rings. The van der Waals surface area contributed by atoms with E-state index in [-0.39, 0.29) is 16.7 Å². The molecule has 110 valence electrons. The van der Waals surface area contributed by atoms with Crippen molar-refractivity contribution in [2.75, 3.05) is 20.1 Å². The first-order chi connectivity index (χ1) is 9.52. The number of nitro groups is 1. The molecule has 0 aromatic heterocycles. The van der Waals surface area contributed by atoms with Gasteiger partial charge in [0.25, 0.3) is 5.69 Å². The van der Waals surface area contributed by atoms with E-state index < -0.39 is 0 Å². The average Bonchev–Trinajstić information content (AvgIpc) is 2.46. The molecule has 20 heavy (non-hydrogen) atoms. The lowest BCUT2D eigenvalue weighted by Gasteiger charge is -2.36. The highest BCUT2D eigenvalue weighted by atomic mass is 16.6. The van der Waals surface area contributed by atoms with Crippen LogP contribution < -0.4 is 5.32 Å². The van der Waals surface area contributed by atoms with Crippen molar-refractivity contribution < 1.29 is 4.92 Å². The van der Waals surface area contributed by atoms with Crippen LogP contribution in [0.15, 0.2) is 18.2 Å². The Morgan fingerprint density at radius 3 is 2.90 bits per heavy atom. The predicted octanol–water partition coefficient (Wildman–Crippen LogP) is 2.65. The Morgan fingerprint density at radius 1 is 1.50 bits per heavy atom. The Bertz CT molecular complexity index is 490. The van der Waals surface area contributed by atoms with Gasteiger partial charge in [0.1, 0.15) is 0 Å². The summed E-state index contributed by atoms with van der Waals surface area (Å²) in [7, 11) is 2.00. The fourth-order valence-electron chi connectivity index (χ4n) is 2.89. The van der Waals surface area contributed by atoms with E-state index in [1.807, 2.05) is 19.2 Å². The molecule has 1 saturated heterocycles. The summed E-state index contributed by atoms with van der Waals surface area (Å²) >= 11 is 0. The summed E-state index contributed by atoms with van der Waals surface area (Å²) in [5.74, 6) is 0. The van der Waals surface area contributed by atoms with Crippen LogP contribution >= 0.6 is 0 Å². The Morgan fingerprint density at radius 2 is 2.25 bits per heavy atom. The standard InChI is InChI=1S/C15H23N3O2/c1-11-6-7-13(9-15(11)18(19)20)12(2)17-8-4-5-14(10-17)16-3/h6-7,9,12,14,16H,4-5,8,10H2,1-3H3. The lowest BCUT2D eigenvalue weighted by atomic mass is 9.99. The Hall–Kier alpha value is -1.46. The average molecular weight is 277 g/mol. The first-order valence-corrected chi connectivity index (χ1v) is 7.19. The van der Waals surface area contributed by atoms with Gasteiger partial charge in [-0.25, -0.2) is 0 Å². The zero-order valence-electron chi connectivity index (χ0n) is 12.4. The van der Waals surface area contributed by atoms with Crippen LogP contribution in [0.1, 0.15) is 36.9 Å². The van der Waals surface area contributed by atoms with Gasteiger partial charge in [-0.1, -0.05) is 12.1 Å². The smallest absolute Gasteiger partial charge is 0.272 e. The Labute approximate surface area is 120 Å². The van der Waals surface area contributed by atoms with Gasteiger partial charge in [-0.2, -0.15) is 0 Å². The number of nitrogens with zero attached hydrogens (tertiary/aromatic N) is 2. The Kier molecular flexibility index (Phi) is 4.73. The van der Waals surface area contributed by atoms with E-state index in [4.69, 9.17) is 0 Å². The molecule has 1 aliphatic rings. The zero-order chi connectivity index (χ0) is 14.7. The van der Waals surface area contributed by atoms with E-state index in [0.29, 0.717) is 6.04 Å². The molecule has 1 aromatic carbocycles. The van der Waals surface area contributed by atoms with Crippen LogP contribution in [0.4, 0.5) is 5.69 Å². The van der Waals surface area contributed by atoms with Gasteiger partial charge in [0, 0.05) is 30.3 Å². The molecule has 0 radical (unpaired) electrons. The van der Waals surface area contributed by atoms with E-state index in [1.165, 1.54) is 12.8 Å². The number of nitrogens with one attached hydrogen (secondary N) is 1. The van der Waals surface area contributed by atoms with Crippen LogP contribution in [0.3, 0.4) is 0 Å². The molecule has 2 unspecified atom stereocenters. The highest BCUT2D eigenvalue weighted by Gasteiger charge is 2.24. The van der Waals surface area contributed by atoms with Crippen molar-refractivity contribution >= 4 is 5.69 Å². The topological polar surface area (TPSA) is 58.4 Å². The van der Waals surface area contributed by atoms with E-state index in [0.717, 1.165) is 24.2 Å². The summed E-state index contributed by atoms with van der Waals surface area (Å²) in [6, 6.07) is 6.32. The monoisotopic (exact) mass is 277 g/mol. The van der Waals surface area contributed by atoms with E-state index in [9.17, 15) is 10.1 Å². The molecule has 1 aliphatic heterocycles. The highest BCUT2D eigenvalue weighted by molar-refractivity contribution is 5.43. The molecule has 1 heterocycles. The molecular formula is C15H23N3O2. The van der Waals surface area contributed by atoms with Gasteiger partial charge in [-0.15, -0.1) is 0 Å². The number of nitro benzene ring substituents is 1. The molecule has 2 rings (SSSR count). The van der Waals surface area contributed by atoms with Crippen LogP contribution in [0.25, 0.3) is 0 Å². The van der Waals surface area contributed by atoms with Gasteiger partial charge in [0.15, 0.2) is 0 Å². The quantitative estimate of drug-likeness (QED) is 0.679. The first-order valence-electron chi connectivity index (χ1n) is 7.19.